The van der Waals surface area contributed by atoms with E-state index in [-0.39, 0.29) is 36.8 Å². The molecule has 1 aromatic heterocycles. The molecule has 0 saturated heterocycles. The summed E-state index contributed by atoms with van der Waals surface area (Å²) < 4.78 is 6.67. The maximum Gasteiger partial charge on any atom is 0.256 e. The van der Waals surface area contributed by atoms with Crippen molar-refractivity contribution in [1.29, 1.82) is 0 Å². The monoisotopic (exact) mass is 435 g/mol. The number of amides is 1. The zero-order chi connectivity index (χ0) is 15.9. The lowest BCUT2D eigenvalue weighted by molar-refractivity contribution is 0.0947. The summed E-state index contributed by atoms with van der Waals surface area (Å²) >= 11 is 3.37. The van der Waals surface area contributed by atoms with Crippen LogP contribution in [0.1, 0.15) is 17.3 Å². The molecule has 1 amide bonds. The highest BCUT2D eigenvalue weighted by Gasteiger charge is 2.14. The Hall–Kier alpha value is -1.34. The number of nitrogens with one attached hydrogen (secondary N) is 2. The molecule has 2 aromatic rings. The van der Waals surface area contributed by atoms with E-state index in [1.165, 1.54) is 0 Å². The van der Waals surface area contributed by atoms with E-state index in [0.29, 0.717) is 23.7 Å². The summed E-state index contributed by atoms with van der Waals surface area (Å²) in [7, 11) is 1.85. The number of hydrogen-bond acceptors (Lipinski definition) is 4. The van der Waals surface area contributed by atoms with Gasteiger partial charge in [0.15, 0.2) is 0 Å². The summed E-state index contributed by atoms with van der Waals surface area (Å²) in [4.78, 5) is 16.4. The molecule has 132 valence electrons. The van der Waals surface area contributed by atoms with Gasteiger partial charge in [0.1, 0.15) is 11.3 Å². The molecule has 0 radical (unpaired) electrons. The summed E-state index contributed by atoms with van der Waals surface area (Å²) in [6, 6.07) is 11.0. The molecule has 1 unspecified atom stereocenters. The Morgan fingerprint density at radius 3 is 2.54 bits per heavy atom. The number of likely N-dealkylation sites (N-methyl/N-ethyl adjacent to an activating group) is 1. The molecule has 2 N–H and O–H groups in total. The van der Waals surface area contributed by atoms with Crippen molar-refractivity contribution in [1.82, 2.24) is 15.6 Å². The Labute approximate surface area is 162 Å². The smallest absolute Gasteiger partial charge is 0.256 e. The van der Waals surface area contributed by atoms with E-state index in [9.17, 15) is 4.79 Å². The second kappa shape index (κ2) is 11.3. The first-order chi connectivity index (χ1) is 10.6. The van der Waals surface area contributed by atoms with Gasteiger partial charge in [-0.2, -0.15) is 0 Å². The van der Waals surface area contributed by atoms with Gasteiger partial charge in [0.25, 0.3) is 5.91 Å². The van der Waals surface area contributed by atoms with E-state index in [1.807, 2.05) is 38.2 Å². The first kappa shape index (κ1) is 22.7. The zero-order valence-corrected chi connectivity index (χ0v) is 16.5. The number of carbonyl (C=O) groups is 1. The second-order valence-electron chi connectivity index (χ2n) is 4.81. The van der Waals surface area contributed by atoms with Crippen LogP contribution < -0.4 is 15.4 Å². The third kappa shape index (κ3) is 6.65. The fourth-order valence-corrected chi connectivity index (χ4v) is 1.97. The van der Waals surface area contributed by atoms with Gasteiger partial charge in [-0.1, -0.05) is 15.9 Å². The first-order valence-electron chi connectivity index (χ1n) is 6.94. The van der Waals surface area contributed by atoms with Gasteiger partial charge in [0.2, 0.25) is 5.88 Å². The molecule has 0 bridgehead atoms. The zero-order valence-electron chi connectivity index (χ0n) is 13.3. The summed E-state index contributed by atoms with van der Waals surface area (Å²) in [5.41, 5.74) is 0.411. The molecular weight excluding hydrogens is 417 g/mol. The molecule has 0 aliphatic rings. The lowest BCUT2D eigenvalue weighted by Crippen LogP contribution is -2.37. The molecule has 1 heterocycles. The van der Waals surface area contributed by atoms with E-state index >= 15 is 0 Å². The minimum Gasteiger partial charge on any atom is -0.438 e. The van der Waals surface area contributed by atoms with Gasteiger partial charge < -0.3 is 15.4 Å². The fraction of sp³-hybridized carbons (Fsp3) is 0.250. The third-order valence-corrected chi connectivity index (χ3v) is 3.63. The van der Waals surface area contributed by atoms with Gasteiger partial charge in [0.05, 0.1) is 0 Å². The molecule has 8 heteroatoms. The SMILES string of the molecule is CNC(C)CNC(=O)c1cccnc1Oc1ccc(Br)cc1.Cl.Cl. The molecule has 1 aromatic carbocycles. The number of benzene rings is 1. The van der Waals surface area contributed by atoms with E-state index < -0.39 is 0 Å². The highest BCUT2D eigenvalue weighted by atomic mass is 79.9. The summed E-state index contributed by atoms with van der Waals surface area (Å²) in [6.07, 6.45) is 1.60. The molecule has 0 saturated carbocycles. The lowest BCUT2D eigenvalue weighted by atomic mass is 10.2. The maximum atomic E-state index is 12.3. The Morgan fingerprint density at radius 2 is 1.92 bits per heavy atom. The van der Waals surface area contributed by atoms with Crippen LogP contribution >= 0.6 is 40.7 Å². The molecule has 2 rings (SSSR count). The summed E-state index contributed by atoms with van der Waals surface area (Å²) in [6.45, 7) is 2.52. The fourth-order valence-electron chi connectivity index (χ4n) is 1.70. The molecule has 24 heavy (non-hydrogen) atoms. The second-order valence-corrected chi connectivity index (χ2v) is 5.73. The van der Waals surface area contributed by atoms with Crippen LogP contribution in [0.3, 0.4) is 0 Å². The van der Waals surface area contributed by atoms with Crippen LogP contribution in [-0.4, -0.2) is 30.5 Å². The normalized spacial score (nSPS) is 10.8. The molecular formula is C16H20BrCl2N3O2. The van der Waals surface area contributed by atoms with Gasteiger partial charge in [-0.25, -0.2) is 4.98 Å². The first-order valence-corrected chi connectivity index (χ1v) is 7.73. The van der Waals surface area contributed by atoms with E-state index in [0.717, 1.165) is 4.47 Å². The van der Waals surface area contributed by atoms with Gasteiger partial charge in [-0.15, -0.1) is 24.8 Å². The van der Waals surface area contributed by atoms with Crippen LogP contribution in [0.5, 0.6) is 11.6 Å². The number of carbonyl (C=O) groups excluding carboxylic acids is 1. The van der Waals surface area contributed by atoms with Crippen molar-refractivity contribution in [3.8, 4) is 11.6 Å². The average Bonchev–Trinajstić information content (AvgIpc) is 2.55. The summed E-state index contributed by atoms with van der Waals surface area (Å²) in [5, 5.41) is 5.92. The third-order valence-electron chi connectivity index (χ3n) is 3.11. The molecule has 5 nitrogen and oxygen atoms in total. The van der Waals surface area contributed by atoms with E-state index in [1.54, 1.807) is 18.3 Å². The van der Waals surface area contributed by atoms with Gasteiger partial charge in [-0.05, 0) is 50.4 Å². The lowest BCUT2D eigenvalue weighted by Gasteiger charge is -2.13. The highest BCUT2D eigenvalue weighted by Crippen LogP contribution is 2.24. The largest absolute Gasteiger partial charge is 0.438 e. The van der Waals surface area contributed by atoms with Crippen LogP contribution in [0.15, 0.2) is 47.1 Å². The van der Waals surface area contributed by atoms with Crippen molar-refractivity contribution in [2.24, 2.45) is 0 Å². The van der Waals surface area contributed by atoms with Crippen molar-refractivity contribution in [2.75, 3.05) is 13.6 Å². The topological polar surface area (TPSA) is 63.2 Å². The van der Waals surface area contributed by atoms with Crippen LogP contribution in [0.25, 0.3) is 0 Å². The minimum absolute atomic E-state index is 0. The molecule has 0 aliphatic carbocycles. The minimum atomic E-state index is -0.206. The molecule has 0 fully saturated rings. The van der Waals surface area contributed by atoms with Crippen LogP contribution in [-0.2, 0) is 0 Å². The van der Waals surface area contributed by atoms with Gasteiger partial charge in [-0.3, -0.25) is 4.79 Å². The summed E-state index contributed by atoms with van der Waals surface area (Å²) in [5.74, 6) is 0.710. The van der Waals surface area contributed by atoms with Crippen LogP contribution in [0, 0.1) is 0 Å². The van der Waals surface area contributed by atoms with Crippen LogP contribution in [0.4, 0.5) is 0 Å². The Bertz CT molecular complexity index is 641. The quantitative estimate of drug-likeness (QED) is 0.722. The average molecular weight is 437 g/mol. The van der Waals surface area contributed by atoms with Crippen molar-refractivity contribution in [2.45, 2.75) is 13.0 Å². The van der Waals surface area contributed by atoms with Crippen molar-refractivity contribution in [3.63, 3.8) is 0 Å². The van der Waals surface area contributed by atoms with E-state index in [2.05, 4.69) is 31.5 Å². The predicted molar refractivity (Wildman–Crippen MR) is 104 cm³/mol. The van der Waals surface area contributed by atoms with Gasteiger partial charge in [0, 0.05) is 23.3 Å². The number of hydrogen-bond donors (Lipinski definition) is 2. The number of pyridine rings is 1. The number of aromatic nitrogens is 1. The van der Waals surface area contributed by atoms with Crippen molar-refractivity contribution in [3.05, 3.63) is 52.6 Å². The van der Waals surface area contributed by atoms with Crippen LogP contribution in [0.2, 0.25) is 0 Å². The standard InChI is InChI=1S/C16H18BrN3O2.2ClH/c1-11(18-2)10-20-15(21)14-4-3-9-19-16(14)22-13-7-5-12(17)6-8-13;;/h3-9,11,18H,10H2,1-2H3,(H,20,21);2*1H. The molecule has 0 spiro atoms. The predicted octanol–water partition coefficient (Wildman–Crippen LogP) is 3.82. The molecule has 0 aliphatic heterocycles. The molecule has 1 atom stereocenters. The maximum absolute atomic E-state index is 12.3. The Kier molecular flexibility index (Phi) is 10.6. The Morgan fingerprint density at radius 1 is 1.25 bits per heavy atom. The highest BCUT2D eigenvalue weighted by molar-refractivity contribution is 9.10. The van der Waals surface area contributed by atoms with Crippen molar-refractivity contribution < 1.29 is 9.53 Å². The Balaban J connectivity index is 0.00000264. The van der Waals surface area contributed by atoms with E-state index in [4.69, 9.17) is 4.74 Å². The number of ether oxygens (including phenoxy) is 1. The van der Waals surface area contributed by atoms with Gasteiger partial charge >= 0.3 is 0 Å². The van der Waals surface area contributed by atoms with Crippen molar-refractivity contribution >= 4 is 46.7 Å². The number of rotatable bonds is 6. The number of nitrogens with zero attached hydrogens (tertiary/aromatic N) is 1. The number of halogens is 3.